The highest BCUT2D eigenvalue weighted by Gasteiger charge is 2.42. The van der Waals surface area contributed by atoms with Crippen molar-refractivity contribution in [3.8, 4) is 0 Å². The number of benzene rings is 1. The highest BCUT2D eigenvalue weighted by atomic mass is 35.5. The van der Waals surface area contributed by atoms with Gasteiger partial charge in [0.15, 0.2) is 0 Å². The maximum atomic E-state index is 13.9. The number of anilines is 1. The topological polar surface area (TPSA) is 44.6 Å². The maximum Gasteiger partial charge on any atom is 0.344 e. The molecule has 8 heteroatoms. The van der Waals surface area contributed by atoms with Gasteiger partial charge in [0, 0.05) is 51.5 Å². The van der Waals surface area contributed by atoms with Crippen LogP contribution in [-0.4, -0.2) is 64.9 Å². The van der Waals surface area contributed by atoms with Crippen molar-refractivity contribution < 1.29 is 9.18 Å². The molecule has 3 saturated heterocycles. The molecule has 0 saturated carbocycles. The lowest BCUT2D eigenvalue weighted by Gasteiger charge is -2.25. The third-order valence-electron chi connectivity index (χ3n) is 6.47. The van der Waals surface area contributed by atoms with Crippen LogP contribution < -0.4 is 4.90 Å². The molecule has 6 nitrogen and oxygen atoms in total. The van der Waals surface area contributed by atoms with E-state index in [9.17, 15) is 9.18 Å². The molecule has 5 rings (SSSR count). The fraction of sp³-hybridized carbons (Fsp3) is 0.524. The SMILES string of the molecule is O=C(N1CC2CN(Cc3ccc(F)cc3N3CCCC3)CC2C1)n1cc(Cl)cn1. The Hall–Kier alpha value is -2.12. The van der Waals surface area contributed by atoms with Gasteiger partial charge in [0.2, 0.25) is 0 Å². The van der Waals surface area contributed by atoms with Gasteiger partial charge >= 0.3 is 6.03 Å². The number of rotatable bonds is 3. The van der Waals surface area contributed by atoms with Crippen molar-refractivity contribution in [2.24, 2.45) is 11.8 Å². The number of carbonyl (C=O) groups excluding carboxylic acids is 1. The number of hydrogen-bond donors (Lipinski definition) is 0. The van der Waals surface area contributed by atoms with E-state index in [1.165, 1.54) is 29.3 Å². The molecular weight excluding hydrogens is 393 g/mol. The van der Waals surface area contributed by atoms with E-state index in [0.29, 0.717) is 16.9 Å². The number of hydrogen-bond acceptors (Lipinski definition) is 4. The molecule has 0 aliphatic carbocycles. The van der Waals surface area contributed by atoms with Crippen molar-refractivity contribution >= 4 is 23.3 Å². The second-order valence-electron chi connectivity index (χ2n) is 8.47. The monoisotopic (exact) mass is 417 g/mol. The number of halogens is 2. The first kappa shape index (κ1) is 18.9. The third kappa shape index (κ3) is 3.73. The number of carbonyl (C=O) groups is 1. The van der Waals surface area contributed by atoms with Gasteiger partial charge in [0.05, 0.1) is 17.4 Å². The van der Waals surface area contributed by atoms with E-state index < -0.39 is 0 Å². The van der Waals surface area contributed by atoms with E-state index in [0.717, 1.165) is 51.5 Å². The van der Waals surface area contributed by atoms with E-state index >= 15 is 0 Å². The highest BCUT2D eigenvalue weighted by molar-refractivity contribution is 6.30. The van der Waals surface area contributed by atoms with Gasteiger partial charge in [-0.1, -0.05) is 17.7 Å². The van der Waals surface area contributed by atoms with Gasteiger partial charge in [0.1, 0.15) is 5.82 Å². The number of amides is 1. The largest absolute Gasteiger partial charge is 0.371 e. The van der Waals surface area contributed by atoms with Gasteiger partial charge in [-0.2, -0.15) is 9.78 Å². The van der Waals surface area contributed by atoms with Crippen LogP contribution in [0.5, 0.6) is 0 Å². The lowest BCUT2D eigenvalue weighted by molar-refractivity contribution is 0.197. The third-order valence-corrected chi connectivity index (χ3v) is 6.66. The lowest BCUT2D eigenvalue weighted by Crippen LogP contribution is -2.36. The minimum absolute atomic E-state index is 0.104. The van der Waals surface area contributed by atoms with Crippen molar-refractivity contribution in [3.05, 3.63) is 47.0 Å². The average Bonchev–Trinajstić information content (AvgIpc) is 3.46. The Morgan fingerprint density at radius 2 is 1.86 bits per heavy atom. The Morgan fingerprint density at radius 3 is 2.52 bits per heavy atom. The zero-order valence-corrected chi connectivity index (χ0v) is 17.1. The summed E-state index contributed by atoms with van der Waals surface area (Å²) in [4.78, 5) is 19.2. The van der Waals surface area contributed by atoms with Crippen LogP contribution in [0.15, 0.2) is 30.6 Å². The van der Waals surface area contributed by atoms with Crippen LogP contribution in [0.3, 0.4) is 0 Å². The van der Waals surface area contributed by atoms with Crippen LogP contribution in [0.1, 0.15) is 18.4 Å². The first-order chi connectivity index (χ1) is 14.1. The number of nitrogens with zero attached hydrogens (tertiary/aromatic N) is 5. The molecule has 154 valence electrons. The Kier molecular flexibility index (Phi) is 4.95. The van der Waals surface area contributed by atoms with Gasteiger partial charge < -0.3 is 9.80 Å². The molecule has 2 aromatic rings. The summed E-state index contributed by atoms with van der Waals surface area (Å²) in [5, 5.41) is 4.50. The molecule has 0 bridgehead atoms. The zero-order valence-electron chi connectivity index (χ0n) is 16.3. The quantitative estimate of drug-likeness (QED) is 0.768. The number of fused-ring (bicyclic) bond motifs is 1. The van der Waals surface area contributed by atoms with E-state index in [1.54, 1.807) is 18.3 Å². The number of likely N-dealkylation sites (tertiary alicyclic amines) is 2. The molecule has 3 aliphatic heterocycles. The molecule has 3 aliphatic rings. The summed E-state index contributed by atoms with van der Waals surface area (Å²) in [5.74, 6) is 0.781. The molecule has 1 aromatic carbocycles. The Balaban J connectivity index is 1.23. The molecular formula is C21H25ClFN5O. The highest BCUT2D eigenvalue weighted by Crippen LogP contribution is 2.34. The summed E-state index contributed by atoms with van der Waals surface area (Å²) >= 11 is 5.88. The first-order valence-corrected chi connectivity index (χ1v) is 10.7. The van der Waals surface area contributed by atoms with Crippen LogP contribution in [-0.2, 0) is 6.54 Å². The van der Waals surface area contributed by atoms with Gasteiger partial charge in [0.25, 0.3) is 0 Å². The summed E-state index contributed by atoms with van der Waals surface area (Å²) in [6.45, 7) is 6.28. The fourth-order valence-corrected chi connectivity index (χ4v) is 5.23. The summed E-state index contributed by atoms with van der Waals surface area (Å²) in [6, 6.07) is 5.09. The number of aromatic nitrogens is 2. The van der Waals surface area contributed by atoms with Crippen molar-refractivity contribution in [2.75, 3.05) is 44.2 Å². The van der Waals surface area contributed by atoms with Crippen molar-refractivity contribution in [1.82, 2.24) is 19.6 Å². The molecule has 0 radical (unpaired) electrons. The lowest BCUT2D eigenvalue weighted by atomic mass is 10.0. The van der Waals surface area contributed by atoms with Crippen LogP contribution in [0.2, 0.25) is 5.02 Å². The molecule has 29 heavy (non-hydrogen) atoms. The molecule has 0 N–H and O–H groups in total. The molecule has 1 aromatic heterocycles. The second-order valence-corrected chi connectivity index (χ2v) is 8.91. The average molecular weight is 418 g/mol. The van der Waals surface area contributed by atoms with Crippen molar-refractivity contribution in [3.63, 3.8) is 0 Å². The van der Waals surface area contributed by atoms with E-state index in [-0.39, 0.29) is 11.8 Å². The van der Waals surface area contributed by atoms with Crippen LogP contribution in [0.25, 0.3) is 0 Å². The van der Waals surface area contributed by atoms with Gasteiger partial charge in [-0.25, -0.2) is 9.18 Å². The summed E-state index contributed by atoms with van der Waals surface area (Å²) in [5.41, 5.74) is 2.25. The molecule has 3 fully saturated rings. The van der Waals surface area contributed by atoms with Gasteiger partial charge in [-0.05, 0) is 42.4 Å². The Bertz CT molecular complexity index is 898. The predicted molar refractivity (Wildman–Crippen MR) is 110 cm³/mol. The van der Waals surface area contributed by atoms with Crippen LogP contribution in [0, 0.1) is 17.7 Å². The van der Waals surface area contributed by atoms with Crippen molar-refractivity contribution in [1.29, 1.82) is 0 Å². The normalized spacial score (nSPS) is 24.5. The fourth-order valence-electron chi connectivity index (χ4n) is 5.09. The van der Waals surface area contributed by atoms with Crippen molar-refractivity contribution in [2.45, 2.75) is 19.4 Å². The predicted octanol–water partition coefficient (Wildman–Crippen LogP) is 3.31. The summed E-state index contributed by atoms with van der Waals surface area (Å²) in [7, 11) is 0. The molecule has 4 heterocycles. The summed E-state index contributed by atoms with van der Waals surface area (Å²) in [6.07, 6.45) is 5.39. The van der Waals surface area contributed by atoms with Crippen LogP contribution in [0.4, 0.5) is 14.9 Å². The van der Waals surface area contributed by atoms with E-state index in [1.807, 2.05) is 11.0 Å². The van der Waals surface area contributed by atoms with E-state index in [4.69, 9.17) is 11.6 Å². The van der Waals surface area contributed by atoms with E-state index in [2.05, 4.69) is 14.9 Å². The Labute approximate surface area is 174 Å². The molecule has 2 atom stereocenters. The zero-order chi connectivity index (χ0) is 20.0. The van der Waals surface area contributed by atoms with Gasteiger partial charge in [-0.3, -0.25) is 4.90 Å². The maximum absolute atomic E-state index is 13.9. The first-order valence-electron chi connectivity index (χ1n) is 10.3. The Morgan fingerprint density at radius 1 is 1.14 bits per heavy atom. The molecule has 0 spiro atoms. The smallest absolute Gasteiger partial charge is 0.344 e. The second kappa shape index (κ2) is 7.61. The minimum atomic E-state index is -0.165. The molecule has 1 amide bonds. The summed E-state index contributed by atoms with van der Waals surface area (Å²) < 4.78 is 15.2. The standard InChI is InChI=1S/C21H25ClFN5O/c22-18-8-24-28(14-18)21(29)27-12-16-10-25(11-17(16)13-27)9-15-3-4-19(23)7-20(15)26-5-1-2-6-26/h3-4,7-8,14,16-17H,1-2,5-6,9-13H2. The molecule has 2 unspecified atom stereocenters. The van der Waals surface area contributed by atoms with Crippen LogP contribution >= 0.6 is 11.6 Å². The minimum Gasteiger partial charge on any atom is -0.371 e. The van der Waals surface area contributed by atoms with Gasteiger partial charge in [-0.15, -0.1) is 0 Å².